The summed E-state index contributed by atoms with van der Waals surface area (Å²) in [6.45, 7) is 9.65. The van der Waals surface area contributed by atoms with Crippen LogP contribution in [-0.4, -0.2) is 79.3 Å². The average Bonchev–Trinajstić information content (AvgIpc) is 3.07. The molecule has 7 heteroatoms. The zero-order valence-corrected chi connectivity index (χ0v) is 17.1. The van der Waals surface area contributed by atoms with Gasteiger partial charge in [-0.3, -0.25) is 9.80 Å². The van der Waals surface area contributed by atoms with Gasteiger partial charge in [0.15, 0.2) is 0 Å². The number of halogens is 1. The van der Waals surface area contributed by atoms with Crippen LogP contribution in [0.5, 0.6) is 0 Å². The van der Waals surface area contributed by atoms with Crippen molar-refractivity contribution in [2.45, 2.75) is 25.3 Å². The second-order valence-corrected chi connectivity index (χ2v) is 7.55. The van der Waals surface area contributed by atoms with Crippen molar-refractivity contribution in [3.8, 4) is 0 Å². The maximum atomic E-state index is 5.22. The Balaban J connectivity index is 0.00000210. The maximum Gasteiger partial charge on any atom is 0.137 e. The summed E-state index contributed by atoms with van der Waals surface area (Å²) in [5.74, 6) is 0.628. The van der Waals surface area contributed by atoms with E-state index in [2.05, 4.69) is 37.2 Å². The predicted molar refractivity (Wildman–Crippen MR) is 112 cm³/mol. The summed E-state index contributed by atoms with van der Waals surface area (Å²) in [6, 6.07) is 4.29. The Morgan fingerprint density at radius 2 is 1.89 bits per heavy atom. The minimum absolute atomic E-state index is 0. The number of nitrogens with one attached hydrogen (secondary N) is 2. The molecule has 4 heterocycles. The van der Waals surface area contributed by atoms with Crippen LogP contribution in [0.15, 0.2) is 18.3 Å². The van der Waals surface area contributed by atoms with Gasteiger partial charge in [0, 0.05) is 69.6 Å². The third kappa shape index (κ3) is 4.81. The number of pyridine rings is 1. The summed E-state index contributed by atoms with van der Waals surface area (Å²) in [5.41, 5.74) is 3.96. The fourth-order valence-electron chi connectivity index (χ4n) is 4.34. The van der Waals surface area contributed by atoms with Gasteiger partial charge in [-0.25, -0.2) is 4.98 Å². The highest BCUT2D eigenvalue weighted by Crippen LogP contribution is 2.32. The van der Waals surface area contributed by atoms with Crippen LogP contribution in [0.2, 0.25) is 0 Å². The smallest absolute Gasteiger partial charge is 0.137 e. The fraction of sp³-hybridized carbons (Fsp3) is 0.650. The molecule has 0 unspecified atom stereocenters. The van der Waals surface area contributed by atoms with Crippen molar-refractivity contribution in [1.82, 2.24) is 25.1 Å². The second-order valence-electron chi connectivity index (χ2n) is 7.55. The van der Waals surface area contributed by atoms with E-state index < -0.39 is 0 Å². The Bertz CT molecular complexity index is 707. The van der Waals surface area contributed by atoms with E-state index in [1.165, 1.54) is 29.5 Å². The molecule has 2 aliphatic rings. The van der Waals surface area contributed by atoms with Crippen molar-refractivity contribution in [3.63, 3.8) is 0 Å². The molecule has 2 saturated heterocycles. The van der Waals surface area contributed by atoms with Crippen molar-refractivity contribution < 1.29 is 4.74 Å². The molecule has 2 N–H and O–H groups in total. The standard InChI is InChI=1S/C20H31N5O.ClH/c1-26-14-13-24-9-11-25(12-10-24)15-18-17-3-2-6-22-20(17)23-19(18)16-4-7-21-8-5-16;/h2-3,6,16,21H,4-5,7-15H2,1H3,(H,22,23);1H. The third-order valence-electron chi connectivity index (χ3n) is 5.92. The normalized spacial score (nSPS) is 20.0. The molecule has 0 amide bonds. The largest absolute Gasteiger partial charge is 0.383 e. The van der Waals surface area contributed by atoms with Gasteiger partial charge in [-0.05, 0) is 43.6 Å². The van der Waals surface area contributed by atoms with Crippen LogP contribution in [0.1, 0.15) is 30.0 Å². The van der Waals surface area contributed by atoms with Gasteiger partial charge in [-0.1, -0.05) is 0 Å². The Kier molecular flexibility index (Phi) is 7.49. The number of rotatable bonds is 6. The molecule has 2 fully saturated rings. The van der Waals surface area contributed by atoms with Gasteiger partial charge in [0.2, 0.25) is 0 Å². The van der Waals surface area contributed by atoms with E-state index in [-0.39, 0.29) is 12.4 Å². The SMILES string of the molecule is COCCN1CCN(Cc2c(C3CCNCC3)[nH]c3ncccc23)CC1.Cl. The zero-order valence-electron chi connectivity index (χ0n) is 16.2. The lowest BCUT2D eigenvalue weighted by molar-refractivity contribution is 0.0938. The first-order valence-corrected chi connectivity index (χ1v) is 9.95. The van der Waals surface area contributed by atoms with E-state index in [1.54, 1.807) is 7.11 Å². The highest BCUT2D eigenvalue weighted by Gasteiger charge is 2.25. The first kappa shape index (κ1) is 20.6. The third-order valence-corrected chi connectivity index (χ3v) is 5.92. The molecule has 0 spiro atoms. The molecule has 4 rings (SSSR count). The fourth-order valence-corrected chi connectivity index (χ4v) is 4.34. The molecular weight excluding hydrogens is 362 g/mol. The molecule has 150 valence electrons. The number of piperidine rings is 1. The van der Waals surface area contributed by atoms with Crippen LogP contribution in [0.25, 0.3) is 11.0 Å². The van der Waals surface area contributed by atoms with Crippen LogP contribution >= 0.6 is 12.4 Å². The van der Waals surface area contributed by atoms with Gasteiger partial charge in [-0.15, -0.1) is 12.4 Å². The number of methoxy groups -OCH3 is 1. The Hall–Kier alpha value is -1.18. The van der Waals surface area contributed by atoms with Crippen molar-refractivity contribution in [3.05, 3.63) is 29.6 Å². The molecular formula is C20H32ClN5O. The van der Waals surface area contributed by atoms with E-state index in [0.717, 1.165) is 64.6 Å². The van der Waals surface area contributed by atoms with Crippen LogP contribution in [0.4, 0.5) is 0 Å². The number of piperazine rings is 1. The maximum absolute atomic E-state index is 5.22. The number of H-pyrrole nitrogens is 1. The van der Waals surface area contributed by atoms with Gasteiger partial charge < -0.3 is 15.0 Å². The summed E-state index contributed by atoms with van der Waals surface area (Å²) in [7, 11) is 1.78. The summed E-state index contributed by atoms with van der Waals surface area (Å²) >= 11 is 0. The highest BCUT2D eigenvalue weighted by molar-refractivity contribution is 5.85. The summed E-state index contributed by atoms with van der Waals surface area (Å²) in [4.78, 5) is 13.4. The minimum atomic E-state index is 0. The van der Waals surface area contributed by atoms with Crippen LogP contribution in [-0.2, 0) is 11.3 Å². The molecule has 0 aliphatic carbocycles. The molecule has 6 nitrogen and oxygen atoms in total. The summed E-state index contributed by atoms with van der Waals surface area (Å²) in [5, 5.41) is 4.79. The molecule has 0 radical (unpaired) electrons. The van der Waals surface area contributed by atoms with Gasteiger partial charge >= 0.3 is 0 Å². The van der Waals surface area contributed by atoms with Gasteiger partial charge in [0.05, 0.1) is 6.61 Å². The van der Waals surface area contributed by atoms with Crippen molar-refractivity contribution in [2.24, 2.45) is 0 Å². The van der Waals surface area contributed by atoms with E-state index >= 15 is 0 Å². The molecule has 2 aromatic heterocycles. The first-order valence-electron chi connectivity index (χ1n) is 9.95. The number of aromatic nitrogens is 2. The first-order chi connectivity index (χ1) is 12.8. The van der Waals surface area contributed by atoms with Gasteiger partial charge in [-0.2, -0.15) is 0 Å². The second kappa shape index (κ2) is 9.85. The number of hydrogen-bond acceptors (Lipinski definition) is 5. The average molecular weight is 394 g/mol. The number of nitrogens with zero attached hydrogens (tertiary/aromatic N) is 3. The van der Waals surface area contributed by atoms with Crippen LogP contribution in [0, 0.1) is 0 Å². The summed E-state index contributed by atoms with van der Waals surface area (Å²) in [6.07, 6.45) is 4.32. The molecule has 2 aromatic rings. The van der Waals surface area contributed by atoms with Crippen molar-refractivity contribution >= 4 is 23.4 Å². The van der Waals surface area contributed by atoms with Crippen LogP contribution in [0.3, 0.4) is 0 Å². The Morgan fingerprint density at radius 1 is 1.15 bits per heavy atom. The van der Waals surface area contributed by atoms with Gasteiger partial charge in [0.1, 0.15) is 5.65 Å². The quantitative estimate of drug-likeness (QED) is 0.788. The monoisotopic (exact) mass is 393 g/mol. The number of fused-ring (bicyclic) bond motifs is 1. The minimum Gasteiger partial charge on any atom is -0.383 e. The predicted octanol–water partition coefficient (Wildman–Crippen LogP) is 2.22. The summed E-state index contributed by atoms with van der Waals surface area (Å²) < 4.78 is 5.22. The molecule has 0 aromatic carbocycles. The number of aromatic amines is 1. The Morgan fingerprint density at radius 3 is 2.63 bits per heavy atom. The van der Waals surface area contributed by atoms with E-state index in [1.807, 2.05) is 6.20 Å². The molecule has 2 aliphatic heterocycles. The lowest BCUT2D eigenvalue weighted by Crippen LogP contribution is -2.46. The lowest BCUT2D eigenvalue weighted by atomic mass is 9.91. The number of ether oxygens (including phenoxy) is 1. The molecule has 0 bridgehead atoms. The topological polar surface area (TPSA) is 56.4 Å². The van der Waals surface area contributed by atoms with E-state index in [4.69, 9.17) is 4.74 Å². The van der Waals surface area contributed by atoms with Crippen molar-refractivity contribution in [1.29, 1.82) is 0 Å². The molecule has 0 atom stereocenters. The number of hydrogen-bond donors (Lipinski definition) is 2. The van der Waals surface area contributed by atoms with Crippen molar-refractivity contribution in [2.75, 3.05) is 59.5 Å². The highest BCUT2D eigenvalue weighted by atomic mass is 35.5. The zero-order chi connectivity index (χ0) is 17.8. The van der Waals surface area contributed by atoms with Gasteiger partial charge in [0.25, 0.3) is 0 Å². The van der Waals surface area contributed by atoms with Crippen LogP contribution < -0.4 is 5.32 Å². The lowest BCUT2D eigenvalue weighted by Gasteiger charge is -2.35. The molecule has 0 saturated carbocycles. The van der Waals surface area contributed by atoms with E-state index in [0.29, 0.717) is 5.92 Å². The Labute approximate surface area is 168 Å². The van der Waals surface area contributed by atoms with E-state index in [9.17, 15) is 0 Å². The molecule has 27 heavy (non-hydrogen) atoms.